The quantitative estimate of drug-likeness (QED) is 0.791. The molecular weight excluding hydrogens is 210 g/mol. The van der Waals surface area contributed by atoms with Crippen LogP contribution in [0.5, 0.6) is 0 Å². The Balaban J connectivity index is 2.05. The topological polar surface area (TPSA) is 11.4 Å². The summed E-state index contributed by atoms with van der Waals surface area (Å²) < 4.78 is 2.23. The Bertz CT molecular complexity index is 356. The molecule has 1 aromatic rings. The lowest BCUT2D eigenvalue weighted by Crippen LogP contribution is -2.53. The van der Waals surface area contributed by atoms with Gasteiger partial charge in [-0.25, -0.2) is 0 Å². The van der Waals surface area contributed by atoms with Crippen molar-refractivity contribution in [2.75, 3.05) is 26.7 Å². The van der Waals surface area contributed by atoms with Gasteiger partial charge in [0.05, 0.1) is 0 Å². The van der Waals surface area contributed by atoms with Gasteiger partial charge in [0.25, 0.3) is 0 Å². The number of hydrogen-bond acceptors (Lipinski definition) is 2. The number of rotatable bonds is 3. The van der Waals surface area contributed by atoms with Crippen LogP contribution in [0.4, 0.5) is 0 Å². The van der Waals surface area contributed by atoms with Crippen molar-refractivity contribution in [1.82, 2.24) is 14.4 Å². The maximum absolute atomic E-state index is 2.64. The molecule has 0 unspecified atom stereocenters. The number of hydrogen-bond donors (Lipinski definition) is 0. The van der Waals surface area contributed by atoms with Crippen molar-refractivity contribution in [3.05, 3.63) is 24.0 Å². The summed E-state index contributed by atoms with van der Waals surface area (Å²) in [5.41, 5.74) is 1.42. The predicted molar refractivity (Wildman–Crippen MR) is 71.9 cm³/mol. The summed E-state index contributed by atoms with van der Waals surface area (Å²) in [6.45, 7) is 9.32. The third-order valence-electron chi connectivity index (χ3n) is 3.92. The van der Waals surface area contributed by atoms with Crippen LogP contribution < -0.4 is 0 Å². The number of aromatic nitrogens is 1. The molecule has 0 spiro atoms. The Morgan fingerprint density at radius 2 is 2.06 bits per heavy atom. The Hall–Kier alpha value is -0.800. The van der Waals surface area contributed by atoms with E-state index in [1.54, 1.807) is 0 Å². The molecule has 0 aromatic carbocycles. The van der Waals surface area contributed by atoms with Gasteiger partial charge in [-0.3, -0.25) is 4.90 Å². The van der Waals surface area contributed by atoms with Crippen LogP contribution in [0.25, 0.3) is 0 Å². The first-order valence-electron chi connectivity index (χ1n) is 6.60. The fraction of sp³-hybridized carbons (Fsp3) is 0.714. The fourth-order valence-corrected chi connectivity index (χ4v) is 2.69. The van der Waals surface area contributed by atoms with Gasteiger partial charge in [-0.15, -0.1) is 0 Å². The van der Waals surface area contributed by atoms with Crippen molar-refractivity contribution in [2.45, 2.75) is 26.4 Å². The van der Waals surface area contributed by atoms with Gasteiger partial charge in [0.15, 0.2) is 0 Å². The highest BCUT2D eigenvalue weighted by Crippen LogP contribution is 2.19. The molecule has 0 bridgehead atoms. The molecule has 1 aliphatic rings. The lowest BCUT2D eigenvalue weighted by Gasteiger charge is -2.42. The van der Waals surface area contributed by atoms with Crippen molar-refractivity contribution < 1.29 is 0 Å². The molecule has 2 heterocycles. The van der Waals surface area contributed by atoms with Crippen LogP contribution in [0, 0.1) is 5.92 Å². The largest absolute Gasteiger partial charge is 0.353 e. The van der Waals surface area contributed by atoms with Gasteiger partial charge in [-0.2, -0.15) is 0 Å². The van der Waals surface area contributed by atoms with Gasteiger partial charge < -0.3 is 9.47 Å². The summed E-state index contributed by atoms with van der Waals surface area (Å²) in [6, 6.07) is 5.05. The maximum Gasteiger partial charge on any atom is 0.0391 e. The maximum atomic E-state index is 2.64. The first-order chi connectivity index (χ1) is 8.08. The highest BCUT2D eigenvalue weighted by Gasteiger charge is 2.27. The van der Waals surface area contributed by atoms with Crippen molar-refractivity contribution in [2.24, 2.45) is 13.0 Å². The van der Waals surface area contributed by atoms with Crippen LogP contribution in [-0.2, 0) is 13.6 Å². The summed E-state index contributed by atoms with van der Waals surface area (Å²) in [6.07, 6.45) is 2.13. The Labute approximate surface area is 105 Å². The van der Waals surface area contributed by atoms with Gasteiger partial charge in [0.1, 0.15) is 0 Å². The number of piperazine rings is 1. The van der Waals surface area contributed by atoms with Gasteiger partial charge in [0, 0.05) is 51.2 Å². The Kier molecular flexibility index (Phi) is 3.89. The summed E-state index contributed by atoms with van der Waals surface area (Å²) in [7, 11) is 4.37. The van der Waals surface area contributed by atoms with E-state index in [1.807, 2.05) is 0 Å². The molecule has 0 radical (unpaired) electrons. The molecule has 1 saturated heterocycles. The van der Waals surface area contributed by atoms with E-state index in [4.69, 9.17) is 0 Å². The van der Waals surface area contributed by atoms with Gasteiger partial charge in [0.2, 0.25) is 0 Å². The van der Waals surface area contributed by atoms with E-state index in [9.17, 15) is 0 Å². The molecule has 96 valence electrons. The number of aryl methyl sites for hydroxylation is 1. The average molecular weight is 235 g/mol. The summed E-state index contributed by atoms with van der Waals surface area (Å²) in [5, 5.41) is 0. The minimum absolute atomic E-state index is 0.684. The van der Waals surface area contributed by atoms with Crippen molar-refractivity contribution in [3.63, 3.8) is 0 Å². The molecule has 1 aromatic heterocycles. The predicted octanol–water partition coefficient (Wildman–Crippen LogP) is 1.80. The lowest BCUT2D eigenvalue weighted by atomic mass is 9.99. The van der Waals surface area contributed by atoms with Crippen molar-refractivity contribution in [1.29, 1.82) is 0 Å². The lowest BCUT2D eigenvalue weighted by molar-refractivity contribution is 0.0555. The normalized spacial score (nSPS) is 23.5. The summed E-state index contributed by atoms with van der Waals surface area (Å²) in [5.74, 6) is 0.720. The molecule has 1 atom stereocenters. The highest BCUT2D eigenvalue weighted by molar-refractivity contribution is 5.07. The number of likely N-dealkylation sites (N-methyl/N-ethyl adjacent to an activating group) is 1. The minimum atomic E-state index is 0.684. The SMILES string of the molecule is CC(C)[C@H]1CN(C)CCN1Cc1cccn1C. The zero-order chi connectivity index (χ0) is 12.4. The van der Waals surface area contributed by atoms with Gasteiger partial charge in [-0.05, 0) is 25.1 Å². The molecule has 0 aliphatic carbocycles. The van der Waals surface area contributed by atoms with E-state index in [0.29, 0.717) is 6.04 Å². The molecule has 0 amide bonds. The van der Waals surface area contributed by atoms with E-state index in [1.165, 1.54) is 25.3 Å². The molecule has 2 rings (SSSR count). The number of nitrogens with zero attached hydrogens (tertiary/aromatic N) is 3. The highest BCUT2D eigenvalue weighted by atomic mass is 15.3. The van der Waals surface area contributed by atoms with Crippen LogP contribution >= 0.6 is 0 Å². The van der Waals surface area contributed by atoms with Crippen molar-refractivity contribution >= 4 is 0 Å². The monoisotopic (exact) mass is 235 g/mol. The molecule has 3 nitrogen and oxygen atoms in total. The average Bonchev–Trinajstić information content (AvgIpc) is 2.67. The van der Waals surface area contributed by atoms with Crippen LogP contribution in [0.2, 0.25) is 0 Å². The molecule has 1 aliphatic heterocycles. The zero-order valence-corrected chi connectivity index (χ0v) is 11.6. The van der Waals surface area contributed by atoms with Crippen LogP contribution in [-0.4, -0.2) is 47.1 Å². The van der Waals surface area contributed by atoms with E-state index < -0.39 is 0 Å². The van der Waals surface area contributed by atoms with Crippen LogP contribution in [0.3, 0.4) is 0 Å². The second kappa shape index (κ2) is 5.23. The Morgan fingerprint density at radius 3 is 2.65 bits per heavy atom. The van der Waals surface area contributed by atoms with E-state index in [-0.39, 0.29) is 0 Å². The molecular formula is C14H25N3. The second-order valence-electron chi connectivity index (χ2n) is 5.65. The van der Waals surface area contributed by atoms with Gasteiger partial charge >= 0.3 is 0 Å². The third kappa shape index (κ3) is 2.90. The smallest absolute Gasteiger partial charge is 0.0391 e. The molecule has 17 heavy (non-hydrogen) atoms. The molecule has 0 saturated carbocycles. The Morgan fingerprint density at radius 1 is 1.29 bits per heavy atom. The molecule has 0 N–H and O–H groups in total. The van der Waals surface area contributed by atoms with E-state index >= 15 is 0 Å². The van der Waals surface area contributed by atoms with Gasteiger partial charge in [-0.1, -0.05) is 13.8 Å². The first kappa shape index (κ1) is 12.7. The van der Waals surface area contributed by atoms with Crippen LogP contribution in [0.1, 0.15) is 19.5 Å². The zero-order valence-electron chi connectivity index (χ0n) is 11.6. The third-order valence-corrected chi connectivity index (χ3v) is 3.92. The minimum Gasteiger partial charge on any atom is -0.353 e. The second-order valence-corrected chi connectivity index (χ2v) is 5.65. The molecule has 1 fully saturated rings. The summed E-state index contributed by atoms with van der Waals surface area (Å²) >= 11 is 0. The van der Waals surface area contributed by atoms with Crippen LogP contribution in [0.15, 0.2) is 18.3 Å². The summed E-state index contributed by atoms with van der Waals surface area (Å²) in [4.78, 5) is 5.09. The van der Waals surface area contributed by atoms with E-state index in [2.05, 4.69) is 60.6 Å². The standard InChI is InChI=1S/C14H25N3/c1-12(2)14-11-15(3)8-9-17(14)10-13-6-5-7-16(13)4/h5-7,12,14H,8-11H2,1-4H3/t14-/m1/s1. The molecule has 3 heteroatoms. The fourth-order valence-electron chi connectivity index (χ4n) is 2.69. The van der Waals surface area contributed by atoms with E-state index in [0.717, 1.165) is 12.5 Å². The van der Waals surface area contributed by atoms with Crippen molar-refractivity contribution in [3.8, 4) is 0 Å². The first-order valence-corrected chi connectivity index (χ1v) is 6.60.